The number of aliphatic hydroxyl groups is 2. The van der Waals surface area contributed by atoms with Crippen LogP contribution in [0.1, 0.15) is 37.7 Å². The number of aliphatic hydroxyl groups excluding tert-OH is 2. The molecule has 0 bridgehead atoms. The molecule has 2 aliphatic heterocycles. The number of imide groups is 1. The van der Waals surface area contributed by atoms with Crippen molar-refractivity contribution in [2.24, 2.45) is 11.3 Å². The summed E-state index contributed by atoms with van der Waals surface area (Å²) in [6.07, 6.45) is 1.78. The molecule has 3 atom stereocenters. The second-order valence-corrected chi connectivity index (χ2v) is 14.0. The maximum absolute atomic E-state index is 15.2. The van der Waals surface area contributed by atoms with Crippen molar-refractivity contribution in [1.29, 1.82) is 0 Å². The summed E-state index contributed by atoms with van der Waals surface area (Å²) >= 11 is 0. The summed E-state index contributed by atoms with van der Waals surface area (Å²) in [6, 6.07) is 11.2. The summed E-state index contributed by atoms with van der Waals surface area (Å²) in [5.74, 6) is -3.56. The van der Waals surface area contributed by atoms with Crippen molar-refractivity contribution in [3.05, 3.63) is 89.9 Å². The summed E-state index contributed by atoms with van der Waals surface area (Å²) < 4.78 is 52.1. The lowest BCUT2D eigenvalue weighted by atomic mass is 9.79. The van der Waals surface area contributed by atoms with E-state index in [1.165, 1.54) is 4.90 Å². The molecule has 1 aromatic heterocycles. The molecule has 290 valence electrons. The molecule has 0 unspecified atom stereocenters. The number of nitrogens with zero attached hydrogens (tertiary/aromatic N) is 5. The van der Waals surface area contributed by atoms with Crippen LogP contribution in [-0.2, 0) is 25.7 Å². The number of ether oxygens (including phenoxy) is 1. The molecule has 4 amide bonds. The van der Waals surface area contributed by atoms with Crippen molar-refractivity contribution in [2.75, 3.05) is 59.1 Å². The highest BCUT2D eigenvalue weighted by molar-refractivity contribution is 6.12. The third kappa shape index (κ3) is 9.53. The number of nitrogens with one attached hydrogen (secondary N) is 1. The van der Waals surface area contributed by atoms with E-state index < -0.39 is 72.2 Å². The molecule has 0 spiro atoms. The number of hydrogen-bond donors (Lipinski definition) is 3. The number of halogens is 3. The largest absolute Gasteiger partial charge is 0.449 e. The van der Waals surface area contributed by atoms with Gasteiger partial charge >= 0.3 is 6.09 Å². The van der Waals surface area contributed by atoms with Gasteiger partial charge in [-0.25, -0.2) is 22.9 Å². The number of hydrogen-bond acceptors (Lipinski definition) is 9. The van der Waals surface area contributed by atoms with Crippen LogP contribution in [0.4, 0.5) is 18.0 Å². The molecule has 2 aromatic carbocycles. The zero-order chi connectivity index (χ0) is 39.0. The van der Waals surface area contributed by atoms with E-state index in [1.807, 2.05) is 30.3 Å². The minimum Gasteiger partial charge on any atom is -0.449 e. The van der Waals surface area contributed by atoms with Crippen molar-refractivity contribution in [2.45, 2.75) is 39.0 Å². The van der Waals surface area contributed by atoms with Crippen molar-refractivity contribution in [3.8, 4) is 11.3 Å². The van der Waals surface area contributed by atoms with Crippen molar-refractivity contribution >= 4 is 23.8 Å². The standard InChI is InChI=1S/C38H45F3N6O7/c1-38(2,12-17-54-37(53)44(15-16-48)13-14-46-32(50)10-11-33(46)51)35(47(34(52)24-49)22-26-19-42-20-30(26)41)36-43-31(28-18-27(39)8-9-29(28)40)23-45(36)21-25-6-4-3-5-7-25/h3-11,18,23,26,30,35,42,48-49H,12-17,19-22,24H2,1-2H3/t26-,30-,35-/m0/s1. The Morgan fingerprint density at radius 1 is 1.06 bits per heavy atom. The van der Waals surface area contributed by atoms with Crippen molar-refractivity contribution in [3.63, 3.8) is 0 Å². The fourth-order valence-corrected chi connectivity index (χ4v) is 6.78. The Kier molecular flexibility index (Phi) is 13.3. The van der Waals surface area contributed by atoms with E-state index in [1.54, 1.807) is 24.6 Å². The third-order valence-corrected chi connectivity index (χ3v) is 9.74. The minimum atomic E-state index is -1.29. The van der Waals surface area contributed by atoms with Crippen LogP contribution < -0.4 is 5.32 Å². The third-order valence-electron chi connectivity index (χ3n) is 9.74. The Labute approximate surface area is 311 Å². The van der Waals surface area contributed by atoms with Gasteiger partial charge in [0.05, 0.1) is 24.9 Å². The first-order chi connectivity index (χ1) is 25.8. The average Bonchev–Trinajstić information content (AvgIpc) is 3.84. The first kappa shape index (κ1) is 40.1. The van der Waals surface area contributed by atoms with E-state index in [0.717, 1.165) is 45.7 Å². The summed E-state index contributed by atoms with van der Waals surface area (Å²) in [7, 11) is 0. The molecule has 0 saturated carbocycles. The predicted molar refractivity (Wildman–Crippen MR) is 190 cm³/mol. The van der Waals surface area contributed by atoms with E-state index in [0.29, 0.717) is 0 Å². The molecule has 3 heterocycles. The average molecular weight is 755 g/mol. The van der Waals surface area contributed by atoms with Gasteiger partial charge in [-0.2, -0.15) is 0 Å². The molecule has 54 heavy (non-hydrogen) atoms. The second-order valence-electron chi connectivity index (χ2n) is 14.0. The van der Waals surface area contributed by atoms with Crippen LogP contribution in [-0.4, -0.2) is 124 Å². The van der Waals surface area contributed by atoms with Crippen LogP contribution in [0.5, 0.6) is 0 Å². The van der Waals surface area contributed by atoms with Crippen LogP contribution in [0.2, 0.25) is 0 Å². The van der Waals surface area contributed by atoms with Crippen molar-refractivity contribution in [1.82, 2.24) is 29.6 Å². The smallest absolute Gasteiger partial charge is 0.409 e. The monoisotopic (exact) mass is 754 g/mol. The Morgan fingerprint density at radius 2 is 1.78 bits per heavy atom. The molecule has 2 aliphatic rings. The number of carbonyl (C=O) groups is 4. The molecule has 1 fully saturated rings. The molecular formula is C38H45F3N6O7. The SMILES string of the molecule is CC(C)(CCOC(=O)N(CCO)CCN1C(=O)C=CC1=O)[C@H](c1nc(-c2cc(F)ccc2F)cn1Cc1ccccc1)N(C[C@@H]1CNC[C@@H]1F)C(=O)CO. The minimum absolute atomic E-state index is 0.0808. The van der Waals surface area contributed by atoms with Gasteiger partial charge in [0.1, 0.15) is 30.2 Å². The molecule has 3 N–H and O–H groups in total. The van der Waals surface area contributed by atoms with Crippen LogP contribution in [0.15, 0.2) is 66.9 Å². The van der Waals surface area contributed by atoms with E-state index in [-0.39, 0.29) is 75.9 Å². The zero-order valence-electron chi connectivity index (χ0n) is 30.2. The maximum atomic E-state index is 15.2. The van der Waals surface area contributed by atoms with Gasteiger partial charge in [0.25, 0.3) is 11.8 Å². The lowest BCUT2D eigenvalue weighted by Crippen LogP contribution is -2.48. The number of carbonyl (C=O) groups excluding carboxylic acids is 4. The highest BCUT2D eigenvalue weighted by Crippen LogP contribution is 2.43. The fourth-order valence-electron chi connectivity index (χ4n) is 6.78. The van der Waals surface area contributed by atoms with Gasteiger partial charge in [-0.3, -0.25) is 19.3 Å². The molecule has 1 saturated heterocycles. The van der Waals surface area contributed by atoms with E-state index >= 15 is 8.78 Å². The maximum Gasteiger partial charge on any atom is 0.409 e. The van der Waals surface area contributed by atoms with Gasteiger partial charge < -0.3 is 34.6 Å². The fraction of sp³-hybridized carbons (Fsp3) is 0.447. The normalized spacial score (nSPS) is 17.6. The Morgan fingerprint density at radius 3 is 2.43 bits per heavy atom. The van der Waals surface area contributed by atoms with Crippen LogP contribution in [0.3, 0.4) is 0 Å². The van der Waals surface area contributed by atoms with Crippen LogP contribution in [0.25, 0.3) is 11.3 Å². The Hall–Kier alpha value is -5.06. The predicted octanol–water partition coefficient (Wildman–Crippen LogP) is 3.07. The topological polar surface area (TPSA) is 158 Å². The van der Waals surface area contributed by atoms with Gasteiger partial charge in [-0.05, 0) is 35.6 Å². The van der Waals surface area contributed by atoms with Gasteiger partial charge in [-0.15, -0.1) is 0 Å². The molecule has 5 rings (SSSR count). The van der Waals surface area contributed by atoms with Crippen molar-refractivity contribution < 1.29 is 47.3 Å². The first-order valence-corrected chi connectivity index (χ1v) is 17.7. The summed E-state index contributed by atoms with van der Waals surface area (Å²) in [6.45, 7) is 2.14. The van der Waals surface area contributed by atoms with Crippen LogP contribution in [0, 0.1) is 23.0 Å². The summed E-state index contributed by atoms with van der Waals surface area (Å²) in [5.41, 5.74) is -0.247. The molecule has 3 aromatic rings. The number of rotatable bonds is 17. The number of alkyl halides is 1. The molecule has 13 nitrogen and oxygen atoms in total. The number of amides is 4. The zero-order valence-corrected chi connectivity index (χ0v) is 30.2. The first-order valence-electron chi connectivity index (χ1n) is 17.7. The van der Waals surface area contributed by atoms with Gasteiger partial charge in [0.15, 0.2) is 0 Å². The number of imidazole rings is 1. The molecule has 0 aliphatic carbocycles. The second kappa shape index (κ2) is 17.8. The Bertz CT molecular complexity index is 1820. The quantitative estimate of drug-likeness (QED) is 0.176. The summed E-state index contributed by atoms with van der Waals surface area (Å²) in [5, 5.41) is 22.8. The molecular weight excluding hydrogens is 709 g/mol. The van der Waals surface area contributed by atoms with Crippen LogP contribution >= 0.6 is 0 Å². The summed E-state index contributed by atoms with van der Waals surface area (Å²) in [4.78, 5) is 59.2. The van der Waals surface area contributed by atoms with Gasteiger partial charge in [0.2, 0.25) is 5.91 Å². The molecule has 0 radical (unpaired) electrons. The number of aromatic nitrogens is 2. The van der Waals surface area contributed by atoms with E-state index in [2.05, 4.69) is 5.32 Å². The number of benzene rings is 2. The van der Waals surface area contributed by atoms with Gasteiger partial charge in [0, 0.05) is 75.6 Å². The highest BCUT2D eigenvalue weighted by Gasteiger charge is 2.43. The van der Waals surface area contributed by atoms with E-state index in [9.17, 15) is 33.8 Å². The van der Waals surface area contributed by atoms with E-state index in [4.69, 9.17) is 9.72 Å². The van der Waals surface area contributed by atoms with Gasteiger partial charge in [-0.1, -0.05) is 44.2 Å². The lowest BCUT2D eigenvalue weighted by Gasteiger charge is -2.43. The Balaban J connectivity index is 1.49. The molecule has 16 heteroatoms. The highest BCUT2D eigenvalue weighted by atomic mass is 19.1. The lowest BCUT2D eigenvalue weighted by molar-refractivity contribution is -0.141.